The fourth-order valence-corrected chi connectivity index (χ4v) is 3.45. The van der Waals surface area contributed by atoms with Gasteiger partial charge in [-0.2, -0.15) is 18.4 Å². The first kappa shape index (κ1) is 20.0. The van der Waals surface area contributed by atoms with Crippen molar-refractivity contribution in [2.24, 2.45) is 15.9 Å². The van der Waals surface area contributed by atoms with Crippen LogP contribution in [0.5, 0.6) is 0 Å². The van der Waals surface area contributed by atoms with Gasteiger partial charge in [0.25, 0.3) is 0 Å². The summed E-state index contributed by atoms with van der Waals surface area (Å²) in [5.41, 5.74) is -0.842. The van der Waals surface area contributed by atoms with Crippen molar-refractivity contribution in [3.05, 3.63) is 29.8 Å². The van der Waals surface area contributed by atoms with Crippen molar-refractivity contribution in [2.75, 3.05) is 17.3 Å². The molecule has 1 aromatic rings. The number of guanidine groups is 1. The predicted octanol–water partition coefficient (Wildman–Crippen LogP) is 3.63. The van der Waals surface area contributed by atoms with E-state index in [1.807, 2.05) is 6.07 Å². The van der Waals surface area contributed by atoms with Crippen LogP contribution in [0, 0.1) is 22.7 Å². The lowest BCUT2D eigenvalue weighted by molar-refractivity contribution is -0.137. The van der Waals surface area contributed by atoms with Crippen LogP contribution in [0.25, 0.3) is 0 Å². The first-order valence-corrected chi connectivity index (χ1v) is 9.25. The molecular weight excluding hydrogens is 387 g/mol. The molecule has 11 heteroatoms. The topological polar surface area (TPSA) is 101 Å². The summed E-state index contributed by atoms with van der Waals surface area (Å²) in [7, 11) is 0. The minimum absolute atomic E-state index is 0.0203. The van der Waals surface area contributed by atoms with E-state index in [0.717, 1.165) is 23.9 Å². The number of anilines is 1. The van der Waals surface area contributed by atoms with Crippen LogP contribution in [-0.2, 0) is 11.0 Å². The van der Waals surface area contributed by atoms with E-state index in [-0.39, 0.29) is 22.4 Å². The number of nitrogens with zero attached hydrogens (tertiary/aromatic N) is 3. The first-order chi connectivity index (χ1) is 12.2. The highest BCUT2D eigenvalue weighted by molar-refractivity contribution is 8.16. The van der Waals surface area contributed by atoms with Crippen LogP contribution in [0.2, 0.25) is 0 Å². The van der Waals surface area contributed by atoms with Gasteiger partial charge < -0.3 is 5.32 Å². The minimum atomic E-state index is -4.50. The number of carbonyl (C=O) groups excluding carboxylic acids is 1. The quantitative estimate of drug-likeness (QED) is 0.810. The van der Waals surface area contributed by atoms with Gasteiger partial charge in [0.15, 0.2) is 0 Å². The molecule has 0 aromatic heterocycles. The summed E-state index contributed by atoms with van der Waals surface area (Å²) in [5.74, 6) is -1.73. The van der Waals surface area contributed by atoms with E-state index >= 15 is 0 Å². The number of hydrogen-bond acceptors (Lipinski definition) is 5. The molecule has 0 saturated heterocycles. The van der Waals surface area contributed by atoms with Gasteiger partial charge in [0.05, 0.1) is 17.4 Å². The van der Waals surface area contributed by atoms with Crippen molar-refractivity contribution >= 4 is 51.2 Å². The van der Waals surface area contributed by atoms with E-state index in [1.165, 1.54) is 23.9 Å². The van der Waals surface area contributed by atoms with E-state index in [4.69, 9.17) is 5.41 Å². The monoisotopic (exact) mass is 399 g/mol. The van der Waals surface area contributed by atoms with E-state index < -0.39 is 23.6 Å². The highest BCUT2D eigenvalue weighted by atomic mass is 32.2. The molecule has 0 aliphatic carbocycles. The molecule has 0 spiro atoms. The maximum absolute atomic E-state index is 12.7. The van der Waals surface area contributed by atoms with Crippen molar-refractivity contribution in [1.82, 2.24) is 0 Å². The molecule has 1 aliphatic rings. The molecule has 1 atom stereocenters. The lowest BCUT2D eigenvalue weighted by Gasteiger charge is -2.16. The smallest absolute Gasteiger partial charge is 0.325 e. The van der Waals surface area contributed by atoms with E-state index in [1.54, 1.807) is 6.26 Å². The average Bonchev–Trinajstić information content (AvgIpc) is 2.58. The maximum Gasteiger partial charge on any atom is 0.416 e. The van der Waals surface area contributed by atoms with Gasteiger partial charge in [0.1, 0.15) is 16.0 Å². The number of aliphatic imine (C=N–C) groups is 2. The van der Waals surface area contributed by atoms with Crippen molar-refractivity contribution in [3.8, 4) is 6.07 Å². The fraction of sp³-hybridized carbons (Fsp3) is 0.267. The zero-order chi connectivity index (χ0) is 19.3. The molecule has 0 radical (unpaired) electrons. The molecule has 0 fully saturated rings. The van der Waals surface area contributed by atoms with Crippen LogP contribution < -0.4 is 5.32 Å². The molecule has 1 unspecified atom stereocenters. The number of nitrogens with one attached hydrogen (secondary N) is 2. The Bertz CT molecular complexity index is 829. The van der Waals surface area contributed by atoms with Crippen molar-refractivity contribution < 1.29 is 18.0 Å². The number of hydrogen-bond donors (Lipinski definition) is 2. The minimum Gasteiger partial charge on any atom is -0.325 e. The zero-order valence-corrected chi connectivity index (χ0v) is 14.9. The second-order valence-electron chi connectivity index (χ2n) is 4.91. The molecule has 1 amide bonds. The highest BCUT2D eigenvalue weighted by Crippen LogP contribution is 2.30. The molecule has 0 saturated carbocycles. The second kappa shape index (κ2) is 8.37. The largest absolute Gasteiger partial charge is 0.416 e. The summed E-state index contributed by atoms with van der Waals surface area (Å²) in [5, 5.41) is 19.8. The van der Waals surface area contributed by atoms with E-state index in [0.29, 0.717) is 5.04 Å². The van der Waals surface area contributed by atoms with E-state index in [2.05, 4.69) is 15.3 Å². The summed E-state index contributed by atoms with van der Waals surface area (Å²) < 4.78 is 38.1. The molecule has 26 heavy (non-hydrogen) atoms. The first-order valence-electron chi connectivity index (χ1n) is 7.04. The third kappa shape index (κ3) is 5.09. The Morgan fingerprint density at radius 1 is 1.38 bits per heavy atom. The Morgan fingerprint density at radius 3 is 2.69 bits per heavy atom. The number of nitriles is 1. The van der Waals surface area contributed by atoms with Crippen molar-refractivity contribution in [2.45, 2.75) is 6.18 Å². The Balaban J connectivity index is 2.01. The molecule has 2 rings (SSSR count). The molecular formula is C15H12F3N5OS2. The molecule has 1 heterocycles. The summed E-state index contributed by atoms with van der Waals surface area (Å²) in [4.78, 5) is 19.7. The summed E-state index contributed by atoms with van der Waals surface area (Å²) >= 11 is 2.16. The number of thioether (sulfide) groups is 2. The molecule has 2 N–H and O–H groups in total. The van der Waals surface area contributed by atoms with Crippen molar-refractivity contribution in [1.29, 1.82) is 10.7 Å². The van der Waals surface area contributed by atoms with Crippen LogP contribution in [0.1, 0.15) is 5.56 Å². The summed E-state index contributed by atoms with van der Waals surface area (Å²) in [6.07, 6.45) is -2.79. The van der Waals surface area contributed by atoms with Crippen LogP contribution in [0.4, 0.5) is 18.9 Å². The third-order valence-corrected chi connectivity index (χ3v) is 4.86. The Hall–Kier alpha value is -2.32. The average molecular weight is 399 g/mol. The number of halogens is 3. The van der Waals surface area contributed by atoms with Crippen molar-refractivity contribution in [3.63, 3.8) is 0 Å². The summed E-state index contributed by atoms with van der Waals surface area (Å²) in [6.45, 7) is 0. The van der Waals surface area contributed by atoms with Gasteiger partial charge in [-0.1, -0.05) is 17.8 Å². The molecule has 136 valence electrons. The van der Waals surface area contributed by atoms with Gasteiger partial charge >= 0.3 is 6.18 Å². The second-order valence-corrected chi connectivity index (χ2v) is 6.73. The van der Waals surface area contributed by atoms with Gasteiger partial charge in [-0.25, -0.2) is 9.98 Å². The third-order valence-electron chi connectivity index (χ3n) is 3.09. The van der Waals surface area contributed by atoms with Gasteiger partial charge in [-0.15, -0.1) is 11.8 Å². The normalized spacial score (nSPS) is 17.2. The fourth-order valence-electron chi connectivity index (χ4n) is 1.97. The lowest BCUT2D eigenvalue weighted by Crippen LogP contribution is -2.26. The molecule has 6 nitrogen and oxygen atoms in total. The SMILES string of the molecule is CSC1=NC(=N)N=C(SCC(=O)Nc2cccc(C(F)(F)F)c2)C1C#N. The Morgan fingerprint density at radius 2 is 2.08 bits per heavy atom. The number of benzene rings is 1. The number of amides is 1. The lowest BCUT2D eigenvalue weighted by atomic mass is 10.2. The highest BCUT2D eigenvalue weighted by Gasteiger charge is 2.30. The number of rotatable bonds is 3. The number of alkyl halides is 3. The standard InChI is InChI=1S/C15H12F3N5OS2/c1-25-12-10(6-19)13(23-14(20)22-12)26-7-11(24)21-9-4-2-3-8(5-9)15(16,17)18/h2-5,10,20H,7H2,1H3,(H,21,24). The zero-order valence-electron chi connectivity index (χ0n) is 13.3. The van der Waals surface area contributed by atoms with Gasteiger partial charge in [0.2, 0.25) is 11.9 Å². The van der Waals surface area contributed by atoms with Crippen LogP contribution >= 0.6 is 23.5 Å². The van der Waals surface area contributed by atoms with E-state index in [9.17, 15) is 23.2 Å². The Kier molecular flexibility index (Phi) is 6.44. The Labute approximate surface area is 155 Å². The van der Waals surface area contributed by atoms with Crippen LogP contribution in [0.3, 0.4) is 0 Å². The molecule has 1 aliphatic heterocycles. The molecule has 0 bridgehead atoms. The van der Waals surface area contributed by atoms with Gasteiger partial charge in [-0.05, 0) is 24.5 Å². The summed E-state index contributed by atoms with van der Waals surface area (Å²) in [6, 6.07) is 6.32. The van der Waals surface area contributed by atoms with Crippen LogP contribution in [0.15, 0.2) is 34.3 Å². The van der Waals surface area contributed by atoms with Gasteiger partial charge in [-0.3, -0.25) is 10.2 Å². The molecule has 1 aromatic carbocycles. The van der Waals surface area contributed by atoms with Gasteiger partial charge in [0, 0.05) is 5.69 Å². The number of carbonyl (C=O) groups is 1. The van der Waals surface area contributed by atoms with Crippen LogP contribution in [-0.4, -0.2) is 34.0 Å². The predicted molar refractivity (Wildman–Crippen MR) is 97.7 cm³/mol. The maximum atomic E-state index is 12.7.